The molecule has 2 N–H and O–H groups in total. The maximum atomic E-state index is 5.75. The molecule has 2 unspecified atom stereocenters. The van der Waals surface area contributed by atoms with Crippen LogP contribution in [0.25, 0.3) is 0 Å². The Morgan fingerprint density at radius 2 is 2.05 bits per heavy atom. The molecule has 0 bridgehead atoms. The number of nitrogens with two attached hydrogens (primary N) is 1. The van der Waals surface area contributed by atoms with Crippen LogP contribution in [-0.4, -0.2) is 41.5 Å². The number of rotatable bonds is 3. The third-order valence-electron chi connectivity index (χ3n) is 4.93. The summed E-state index contributed by atoms with van der Waals surface area (Å²) in [4.78, 5) is 5.36. The molecule has 1 aromatic carbocycles. The molecule has 2 heterocycles. The maximum absolute atomic E-state index is 5.75. The van der Waals surface area contributed by atoms with Crippen molar-refractivity contribution in [3.63, 3.8) is 0 Å². The molecule has 110 valence electrons. The van der Waals surface area contributed by atoms with Crippen molar-refractivity contribution in [1.82, 2.24) is 9.80 Å². The van der Waals surface area contributed by atoms with Gasteiger partial charge in [0.25, 0.3) is 0 Å². The third kappa shape index (κ3) is 3.05. The first-order valence-corrected chi connectivity index (χ1v) is 8.02. The van der Waals surface area contributed by atoms with E-state index in [2.05, 4.69) is 41.0 Å². The first kappa shape index (κ1) is 14.1. The molecule has 2 fully saturated rings. The van der Waals surface area contributed by atoms with Gasteiger partial charge in [-0.05, 0) is 37.4 Å². The molecular weight excluding hydrogens is 246 g/mol. The third-order valence-corrected chi connectivity index (χ3v) is 4.93. The van der Waals surface area contributed by atoms with Gasteiger partial charge in [-0.2, -0.15) is 0 Å². The molecule has 0 amide bonds. The normalized spacial score (nSPS) is 28.3. The summed E-state index contributed by atoms with van der Waals surface area (Å²) < 4.78 is 0. The van der Waals surface area contributed by atoms with Gasteiger partial charge in [0.05, 0.1) is 0 Å². The molecule has 20 heavy (non-hydrogen) atoms. The highest BCUT2D eigenvalue weighted by Crippen LogP contribution is 2.25. The SMILES string of the molecule is CC1CN2CCCCC2CN1Cc1cccc(CN)c1. The van der Waals surface area contributed by atoms with E-state index in [1.807, 2.05) is 0 Å². The van der Waals surface area contributed by atoms with Gasteiger partial charge in [0.15, 0.2) is 0 Å². The number of hydrogen-bond donors (Lipinski definition) is 1. The van der Waals surface area contributed by atoms with E-state index in [0.29, 0.717) is 12.6 Å². The second-order valence-corrected chi connectivity index (χ2v) is 6.45. The van der Waals surface area contributed by atoms with Crippen LogP contribution >= 0.6 is 0 Å². The van der Waals surface area contributed by atoms with Crippen molar-refractivity contribution >= 4 is 0 Å². The van der Waals surface area contributed by atoms with Crippen LogP contribution in [0.5, 0.6) is 0 Å². The molecule has 3 nitrogen and oxygen atoms in total. The average Bonchev–Trinajstić information content (AvgIpc) is 2.48. The van der Waals surface area contributed by atoms with Crippen LogP contribution in [0.4, 0.5) is 0 Å². The van der Waals surface area contributed by atoms with E-state index in [0.717, 1.165) is 12.6 Å². The first-order chi connectivity index (χ1) is 9.76. The molecule has 2 aliphatic rings. The Hall–Kier alpha value is -0.900. The van der Waals surface area contributed by atoms with Gasteiger partial charge in [0, 0.05) is 38.3 Å². The fourth-order valence-corrected chi connectivity index (χ4v) is 3.72. The largest absolute Gasteiger partial charge is 0.326 e. The van der Waals surface area contributed by atoms with Crippen molar-refractivity contribution < 1.29 is 0 Å². The predicted molar refractivity (Wildman–Crippen MR) is 83.4 cm³/mol. The molecule has 2 aliphatic heterocycles. The summed E-state index contributed by atoms with van der Waals surface area (Å²) in [7, 11) is 0. The van der Waals surface area contributed by atoms with Gasteiger partial charge in [0.2, 0.25) is 0 Å². The molecule has 2 saturated heterocycles. The minimum absolute atomic E-state index is 0.639. The molecule has 0 aliphatic carbocycles. The molecule has 1 aromatic rings. The average molecular weight is 273 g/mol. The lowest BCUT2D eigenvalue weighted by Crippen LogP contribution is -2.58. The van der Waals surface area contributed by atoms with E-state index in [1.54, 1.807) is 0 Å². The second kappa shape index (κ2) is 6.25. The minimum atomic E-state index is 0.639. The Kier molecular flexibility index (Phi) is 4.39. The van der Waals surface area contributed by atoms with E-state index in [-0.39, 0.29) is 0 Å². The number of piperazine rings is 1. The zero-order valence-electron chi connectivity index (χ0n) is 12.6. The Morgan fingerprint density at radius 3 is 2.90 bits per heavy atom. The zero-order chi connectivity index (χ0) is 13.9. The van der Waals surface area contributed by atoms with Gasteiger partial charge in [-0.15, -0.1) is 0 Å². The van der Waals surface area contributed by atoms with Gasteiger partial charge < -0.3 is 5.73 Å². The summed E-state index contributed by atoms with van der Waals surface area (Å²) in [6.45, 7) is 7.86. The summed E-state index contributed by atoms with van der Waals surface area (Å²) >= 11 is 0. The molecular formula is C17H27N3. The van der Waals surface area contributed by atoms with Crippen LogP contribution in [-0.2, 0) is 13.1 Å². The molecule has 3 heteroatoms. The summed E-state index contributed by atoms with van der Waals surface area (Å²) in [5.41, 5.74) is 8.39. The number of fused-ring (bicyclic) bond motifs is 1. The van der Waals surface area contributed by atoms with E-state index >= 15 is 0 Å². The number of benzene rings is 1. The first-order valence-electron chi connectivity index (χ1n) is 8.02. The van der Waals surface area contributed by atoms with Crippen LogP contribution < -0.4 is 5.73 Å². The lowest BCUT2D eigenvalue weighted by atomic mass is 9.96. The van der Waals surface area contributed by atoms with E-state index in [9.17, 15) is 0 Å². The van der Waals surface area contributed by atoms with Gasteiger partial charge in [0.1, 0.15) is 0 Å². The van der Waals surface area contributed by atoms with Crippen LogP contribution in [0.2, 0.25) is 0 Å². The van der Waals surface area contributed by atoms with E-state index < -0.39 is 0 Å². The fourth-order valence-electron chi connectivity index (χ4n) is 3.72. The highest BCUT2D eigenvalue weighted by molar-refractivity contribution is 5.23. The quantitative estimate of drug-likeness (QED) is 0.916. The van der Waals surface area contributed by atoms with Gasteiger partial charge in [-0.1, -0.05) is 30.7 Å². The highest BCUT2D eigenvalue weighted by Gasteiger charge is 2.32. The number of hydrogen-bond acceptors (Lipinski definition) is 3. The monoisotopic (exact) mass is 273 g/mol. The molecule has 0 aromatic heterocycles. The van der Waals surface area contributed by atoms with Crippen molar-refractivity contribution in [3.05, 3.63) is 35.4 Å². The van der Waals surface area contributed by atoms with Crippen LogP contribution in [0, 0.1) is 0 Å². The highest BCUT2D eigenvalue weighted by atomic mass is 15.3. The predicted octanol–water partition coefficient (Wildman–Crippen LogP) is 2.20. The maximum Gasteiger partial charge on any atom is 0.0237 e. The van der Waals surface area contributed by atoms with E-state index in [1.165, 1.54) is 50.0 Å². The van der Waals surface area contributed by atoms with Crippen molar-refractivity contribution in [2.45, 2.75) is 51.4 Å². The summed E-state index contributed by atoms with van der Waals surface area (Å²) in [5.74, 6) is 0. The smallest absolute Gasteiger partial charge is 0.0237 e. The lowest BCUT2D eigenvalue weighted by molar-refractivity contribution is 0.0111. The lowest BCUT2D eigenvalue weighted by Gasteiger charge is -2.47. The van der Waals surface area contributed by atoms with Crippen molar-refractivity contribution in [2.24, 2.45) is 5.73 Å². The standard InChI is InChI=1S/C17H27N3/c1-14-11-19-8-3-2-7-17(19)13-20(14)12-16-6-4-5-15(9-16)10-18/h4-6,9,14,17H,2-3,7-8,10-13,18H2,1H3. The van der Waals surface area contributed by atoms with Crippen LogP contribution in [0.1, 0.15) is 37.3 Å². The Bertz CT molecular complexity index is 446. The Balaban J connectivity index is 1.67. The molecule has 0 spiro atoms. The Labute approximate surface area is 122 Å². The Morgan fingerprint density at radius 1 is 1.20 bits per heavy atom. The van der Waals surface area contributed by atoms with Crippen molar-refractivity contribution in [1.29, 1.82) is 0 Å². The molecule has 0 radical (unpaired) electrons. The van der Waals surface area contributed by atoms with Crippen molar-refractivity contribution in [3.8, 4) is 0 Å². The van der Waals surface area contributed by atoms with Gasteiger partial charge in [-0.25, -0.2) is 0 Å². The van der Waals surface area contributed by atoms with Gasteiger partial charge in [-0.3, -0.25) is 9.80 Å². The van der Waals surface area contributed by atoms with Gasteiger partial charge >= 0.3 is 0 Å². The van der Waals surface area contributed by atoms with Crippen molar-refractivity contribution in [2.75, 3.05) is 19.6 Å². The van der Waals surface area contributed by atoms with Crippen LogP contribution in [0.3, 0.4) is 0 Å². The minimum Gasteiger partial charge on any atom is -0.326 e. The fraction of sp³-hybridized carbons (Fsp3) is 0.647. The summed E-state index contributed by atoms with van der Waals surface area (Å²) in [6.07, 6.45) is 4.18. The molecule has 0 saturated carbocycles. The molecule has 3 rings (SSSR count). The topological polar surface area (TPSA) is 32.5 Å². The molecule has 2 atom stereocenters. The van der Waals surface area contributed by atoms with E-state index in [4.69, 9.17) is 5.73 Å². The van der Waals surface area contributed by atoms with Crippen LogP contribution in [0.15, 0.2) is 24.3 Å². The number of nitrogens with zero attached hydrogens (tertiary/aromatic N) is 2. The number of piperidine rings is 1. The summed E-state index contributed by atoms with van der Waals surface area (Å²) in [5, 5.41) is 0. The summed E-state index contributed by atoms with van der Waals surface area (Å²) in [6, 6.07) is 10.2. The second-order valence-electron chi connectivity index (χ2n) is 6.45. The zero-order valence-corrected chi connectivity index (χ0v) is 12.6.